The van der Waals surface area contributed by atoms with E-state index in [1.165, 1.54) is 11.3 Å². The summed E-state index contributed by atoms with van der Waals surface area (Å²) >= 11 is 4.73. The maximum Gasteiger partial charge on any atom is 0.323 e. The van der Waals surface area contributed by atoms with Crippen molar-refractivity contribution in [1.82, 2.24) is 14.9 Å². The Hall–Kier alpha value is -2.98. The number of aromatic nitrogens is 2. The number of benzene rings is 1. The van der Waals surface area contributed by atoms with Gasteiger partial charge in [0.05, 0.1) is 12.1 Å². The Labute approximate surface area is 198 Å². The van der Waals surface area contributed by atoms with E-state index < -0.39 is 0 Å². The van der Waals surface area contributed by atoms with Gasteiger partial charge in [0.25, 0.3) is 0 Å². The number of thiazole rings is 1. The maximum absolute atomic E-state index is 12.6. The summed E-state index contributed by atoms with van der Waals surface area (Å²) in [4.78, 5) is 37.7. The molecule has 0 bridgehead atoms. The average molecular weight is 515 g/mol. The molecule has 32 heavy (non-hydrogen) atoms. The molecule has 1 saturated heterocycles. The van der Waals surface area contributed by atoms with E-state index in [-0.39, 0.29) is 18.4 Å². The molecule has 0 aliphatic carbocycles. The summed E-state index contributed by atoms with van der Waals surface area (Å²) in [5.41, 5.74) is 2.37. The van der Waals surface area contributed by atoms with Crippen LogP contribution in [0.5, 0.6) is 0 Å². The number of rotatable bonds is 5. The molecule has 0 unspecified atom stereocenters. The second kappa shape index (κ2) is 10.1. The number of amides is 3. The summed E-state index contributed by atoms with van der Waals surface area (Å²) in [5.74, 6) is 0.776. The molecule has 2 aromatic heterocycles. The first-order valence-corrected chi connectivity index (χ1v) is 11.9. The van der Waals surface area contributed by atoms with Crippen LogP contribution in [-0.2, 0) is 11.2 Å². The molecule has 3 heterocycles. The molecule has 10 heteroatoms. The Balaban J connectivity index is 1.26. The first kappa shape index (κ1) is 22.2. The van der Waals surface area contributed by atoms with Crippen LogP contribution in [0.3, 0.4) is 0 Å². The van der Waals surface area contributed by atoms with Gasteiger partial charge in [0.15, 0.2) is 5.13 Å². The van der Waals surface area contributed by atoms with Crippen LogP contribution >= 0.6 is 27.3 Å². The Kier molecular flexibility index (Phi) is 7.01. The van der Waals surface area contributed by atoms with Gasteiger partial charge in [-0.3, -0.25) is 10.1 Å². The van der Waals surface area contributed by atoms with Crippen molar-refractivity contribution in [3.8, 4) is 0 Å². The Bertz CT molecular complexity index is 1100. The fourth-order valence-electron chi connectivity index (χ4n) is 3.42. The monoisotopic (exact) mass is 514 g/mol. The maximum atomic E-state index is 12.6. The molecule has 0 spiro atoms. The van der Waals surface area contributed by atoms with Crippen LogP contribution in [0.25, 0.3) is 0 Å². The molecule has 0 radical (unpaired) electrons. The number of hydrogen-bond donors (Lipinski definition) is 2. The van der Waals surface area contributed by atoms with Gasteiger partial charge in [-0.25, -0.2) is 14.8 Å². The molecule has 3 aromatic rings. The summed E-state index contributed by atoms with van der Waals surface area (Å²) in [7, 11) is 0. The van der Waals surface area contributed by atoms with Crippen LogP contribution in [0, 0.1) is 6.92 Å². The Morgan fingerprint density at radius 3 is 2.66 bits per heavy atom. The van der Waals surface area contributed by atoms with Gasteiger partial charge in [0.2, 0.25) is 5.91 Å². The second-order valence-corrected chi connectivity index (χ2v) is 9.19. The summed E-state index contributed by atoms with van der Waals surface area (Å²) < 4.78 is 0.964. The van der Waals surface area contributed by atoms with Gasteiger partial charge in [0.1, 0.15) is 5.82 Å². The average Bonchev–Trinajstić information content (AvgIpc) is 3.23. The molecule has 1 aliphatic rings. The van der Waals surface area contributed by atoms with Crippen molar-refractivity contribution in [1.29, 1.82) is 0 Å². The zero-order chi connectivity index (χ0) is 22.5. The molecule has 1 aromatic carbocycles. The summed E-state index contributed by atoms with van der Waals surface area (Å²) in [5, 5.41) is 8.04. The highest BCUT2D eigenvalue weighted by Gasteiger charge is 2.22. The van der Waals surface area contributed by atoms with E-state index in [0.29, 0.717) is 23.9 Å². The van der Waals surface area contributed by atoms with Crippen molar-refractivity contribution in [2.45, 2.75) is 13.3 Å². The van der Waals surface area contributed by atoms with E-state index in [1.807, 2.05) is 43.3 Å². The molecular formula is C22H23BrN6O2S. The summed E-state index contributed by atoms with van der Waals surface area (Å²) in [6.45, 7) is 4.60. The highest BCUT2D eigenvalue weighted by molar-refractivity contribution is 9.10. The van der Waals surface area contributed by atoms with Crippen LogP contribution in [0.15, 0.2) is 52.4 Å². The first-order valence-electron chi connectivity index (χ1n) is 10.2. The quantitative estimate of drug-likeness (QED) is 0.533. The number of halogens is 1. The lowest BCUT2D eigenvalue weighted by atomic mass is 10.2. The van der Waals surface area contributed by atoms with E-state index in [0.717, 1.165) is 34.6 Å². The fraction of sp³-hybridized carbons (Fsp3) is 0.273. The van der Waals surface area contributed by atoms with Crippen LogP contribution in [0.4, 0.5) is 21.4 Å². The zero-order valence-corrected chi connectivity index (χ0v) is 19.9. The Morgan fingerprint density at radius 1 is 1.12 bits per heavy atom. The minimum absolute atomic E-state index is 0.143. The predicted molar refractivity (Wildman–Crippen MR) is 130 cm³/mol. The lowest BCUT2D eigenvalue weighted by Crippen LogP contribution is -2.50. The second-order valence-electron chi connectivity index (χ2n) is 7.42. The lowest BCUT2D eigenvalue weighted by molar-refractivity contribution is -0.115. The number of urea groups is 1. The number of hydrogen-bond acceptors (Lipinski definition) is 6. The molecule has 166 valence electrons. The van der Waals surface area contributed by atoms with E-state index >= 15 is 0 Å². The van der Waals surface area contributed by atoms with Gasteiger partial charge in [-0.05, 0) is 42.8 Å². The van der Waals surface area contributed by atoms with Crippen molar-refractivity contribution < 1.29 is 9.59 Å². The highest BCUT2D eigenvalue weighted by Crippen LogP contribution is 2.21. The van der Waals surface area contributed by atoms with Crippen molar-refractivity contribution in [3.63, 3.8) is 0 Å². The number of anilines is 3. The largest absolute Gasteiger partial charge is 0.353 e. The zero-order valence-electron chi connectivity index (χ0n) is 17.5. The van der Waals surface area contributed by atoms with Gasteiger partial charge >= 0.3 is 6.03 Å². The number of carbonyl (C=O) groups excluding carboxylic acids is 2. The number of nitrogens with one attached hydrogen (secondary N) is 2. The molecule has 0 saturated carbocycles. The standard InChI is InChI=1S/C22H23BrN6O2S/c1-15-12-16(23)5-6-18(15)26-20(30)13-17-14-32-21(25-17)27-22(31)29-10-8-28(9-11-29)19-4-2-3-7-24-19/h2-7,12,14H,8-11,13H2,1H3,(H,26,30)(H,25,27,31). The normalized spacial score (nSPS) is 13.7. The molecule has 1 aliphatic heterocycles. The van der Waals surface area contributed by atoms with Gasteiger partial charge in [-0.2, -0.15) is 0 Å². The van der Waals surface area contributed by atoms with Crippen LogP contribution in [0.1, 0.15) is 11.3 Å². The minimum atomic E-state index is -0.179. The Morgan fingerprint density at radius 2 is 1.94 bits per heavy atom. The number of aryl methyl sites for hydroxylation is 1. The van der Waals surface area contributed by atoms with Crippen LogP contribution in [0.2, 0.25) is 0 Å². The number of carbonyl (C=O) groups is 2. The first-order chi connectivity index (χ1) is 15.5. The van der Waals surface area contributed by atoms with Crippen molar-refractivity contribution in [3.05, 3.63) is 63.7 Å². The lowest BCUT2D eigenvalue weighted by Gasteiger charge is -2.35. The summed E-state index contributed by atoms with van der Waals surface area (Å²) in [6, 6.07) is 11.3. The number of pyridine rings is 1. The van der Waals surface area contributed by atoms with Crippen molar-refractivity contribution in [2.24, 2.45) is 0 Å². The van der Waals surface area contributed by atoms with Crippen molar-refractivity contribution in [2.75, 3.05) is 41.7 Å². The van der Waals surface area contributed by atoms with Gasteiger partial charge in [-0.15, -0.1) is 11.3 Å². The SMILES string of the molecule is Cc1cc(Br)ccc1NC(=O)Cc1csc(NC(=O)N2CCN(c3ccccn3)CC2)n1. The molecule has 0 atom stereocenters. The molecule has 1 fully saturated rings. The van der Waals surface area contributed by atoms with E-state index in [9.17, 15) is 9.59 Å². The molecule has 3 amide bonds. The van der Waals surface area contributed by atoms with E-state index in [2.05, 4.69) is 41.4 Å². The number of nitrogens with zero attached hydrogens (tertiary/aromatic N) is 4. The summed E-state index contributed by atoms with van der Waals surface area (Å²) in [6.07, 6.45) is 1.92. The topological polar surface area (TPSA) is 90.5 Å². The molecule has 4 rings (SSSR count). The third-order valence-electron chi connectivity index (χ3n) is 5.11. The third kappa shape index (κ3) is 5.63. The van der Waals surface area contributed by atoms with Gasteiger partial charge in [0, 0.05) is 47.9 Å². The highest BCUT2D eigenvalue weighted by atomic mass is 79.9. The smallest absolute Gasteiger partial charge is 0.323 e. The minimum Gasteiger partial charge on any atom is -0.353 e. The predicted octanol–water partition coefficient (Wildman–Crippen LogP) is 4.14. The van der Waals surface area contributed by atoms with E-state index in [4.69, 9.17) is 0 Å². The van der Waals surface area contributed by atoms with Crippen LogP contribution in [-0.4, -0.2) is 53.0 Å². The molecule has 2 N–H and O–H groups in total. The number of piperazine rings is 1. The van der Waals surface area contributed by atoms with E-state index in [1.54, 1.807) is 16.5 Å². The van der Waals surface area contributed by atoms with Gasteiger partial charge in [-0.1, -0.05) is 22.0 Å². The van der Waals surface area contributed by atoms with Crippen LogP contribution < -0.4 is 15.5 Å². The molecule has 8 nitrogen and oxygen atoms in total. The molecular weight excluding hydrogens is 492 g/mol. The third-order valence-corrected chi connectivity index (χ3v) is 6.41. The van der Waals surface area contributed by atoms with Crippen molar-refractivity contribution >= 4 is 55.8 Å². The fourth-order valence-corrected chi connectivity index (χ4v) is 4.60. The van der Waals surface area contributed by atoms with Gasteiger partial charge < -0.3 is 15.1 Å².